The zero-order valence-electron chi connectivity index (χ0n) is 66.8. The maximum Gasteiger partial charge on any atom is 0.268 e. The van der Waals surface area contributed by atoms with E-state index in [0.717, 1.165) is 18.3 Å². The Bertz CT molecular complexity index is 5630. The predicted octanol–water partition coefficient (Wildman–Crippen LogP) is 16.5. The second-order valence-electron chi connectivity index (χ2n) is 16.2. The summed E-state index contributed by atoms with van der Waals surface area (Å²) < 4.78 is 269. The van der Waals surface area contributed by atoms with Gasteiger partial charge in [0.2, 0.25) is 0 Å². The van der Waals surface area contributed by atoms with Crippen LogP contribution in [0.1, 0.15) is 50.9 Å². The molecule has 0 atom stereocenters. The normalized spacial score (nSPS) is 17.2. The van der Waals surface area contributed by atoms with E-state index in [2.05, 4.69) is 23.4 Å². The number of fused-ring (bicyclic) bond motifs is 4. The average Bonchev–Trinajstić information content (AvgIpc) is 1.41. The summed E-state index contributed by atoms with van der Waals surface area (Å²) in [7, 11) is 0. The molecule has 0 aliphatic carbocycles. The van der Waals surface area contributed by atoms with Crippen LogP contribution in [0.15, 0.2) is 242 Å². The fourth-order valence-electron chi connectivity index (χ4n) is 8.72. The number of nitrogens with zero attached hydrogens (tertiary/aromatic N) is 4. The third kappa shape index (κ3) is 8.51. The molecule has 0 spiro atoms. The summed E-state index contributed by atoms with van der Waals surface area (Å²) in [6.07, 6.45) is 4.37. The molecule has 0 unspecified atom stereocenters. The number of imidazole rings is 1. The molecule has 13 aromatic rings. The van der Waals surface area contributed by atoms with Gasteiger partial charge in [-0.05, 0) is 111 Å². The van der Waals surface area contributed by atoms with Gasteiger partial charge < -0.3 is 13.9 Å². The first-order valence-corrected chi connectivity index (χ1v) is 22.2. The van der Waals surface area contributed by atoms with Crippen molar-refractivity contribution >= 4 is 32.8 Å². The molecule has 3 heterocycles. The first-order valence-electron chi connectivity index (χ1n) is 36.7. The van der Waals surface area contributed by atoms with Gasteiger partial charge >= 0.3 is 0 Å². The van der Waals surface area contributed by atoms with Gasteiger partial charge in [0.1, 0.15) is 5.82 Å². The van der Waals surface area contributed by atoms with E-state index in [4.69, 9.17) is 37.6 Å². The molecule has 0 radical (unpaired) electrons. The SMILES string of the molecule is [2H]c1c([2H])c([2H])c(-c2cnc(-n3c4[c-]c(Oc5[c-]c(-n6[c-][n+](-c7c(-c8c([2H])c([2H])c([2H])c([2H])c8[2H])cc(C([2H])([2H])[2H])cc7-c7c([2H])c(-c8c([2H])c([2H])c([2H])c([2H])c8[2H])c([2H])c(-c8c([2H])c([2H])c([2H])c([2H])c8[2H])c7[2H])c7ccccc76)ccc5)ccc4c4ccccc43)cc2C([2H])([2H])[2H])c([2H])c1[2H].[Pt]. The first-order chi connectivity index (χ1) is 48.0. The summed E-state index contributed by atoms with van der Waals surface area (Å²) in [6, 6.07) is 11.1. The summed E-state index contributed by atoms with van der Waals surface area (Å²) in [5.41, 5.74) is -6.33. The van der Waals surface area contributed by atoms with Crippen molar-refractivity contribution in [3.05, 3.63) is 272 Å². The number of pyridine rings is 1. The Morgan fingerprint density at radius 1 is 0.527 bits per heavy atom. The van der Waals surface area contributed by atoms with E-state index in [1.165, 1.54) is 15.2 Å². The van der Waals surface area contributed by atoms with Crippen LogP contribution in [-0.4, -0.2) is 14.1 Å². The molecular formula is C68H46N4OPt-2. The van der Waals surface area contributed by atoms with Crippen LogP contribution in [0.3, 0.4) is 0 Å². The van der Waals surface area contributed by atoms with Gasteiger partial charge in [-0.15, -0.1) is 29.7 Å². The van der Waals surface area contributed by atoms with Crippen molar-refractivity contribution in [2.24, 2.45) is 0 Å². The van der Waals surface area contributed by atoms with Gasteiger partial charge in [-0.1, -0.05) is 187 Å². The van der Waals surface area contributed by atoms with Gasteiger partial charge in [0, 0.05) is 58.1 Å². The average molecular weight is 1160 g/mol. The maximum atomic E-state index is 10.2. The summed E-state index contributed by atoms with van der Waals surface area (Å²) >= 11 is 0. The number of ether oxygens (including phenoxy) is 1. The minimum atomic E-state index is -3.21. The van der Waals surface area contributed by atoms with Crippen molar-refractivity contribution in [3.63, 3.8) is 0 Å². The third-order valence-electron chi connectivity index (χ3n) is 11.8. The number of hydrogen-bond acceptors (Lipinski definition) is 2. The van der Waals surface area contributed by atoms with Gasteiger partial charge in [0.25, 0.3) is 6.33 Å². The molecule has 356 valence electrons. The molecule has 0 saturated heterocycles. The molecule has 13 rings (SSSR count). The van der Waals surface area contributed by atoms with Crippen LogP contribution in [0.5, 0.6) is 11.5 Å². The zero-order chi connectivity index (χ0) is 73.8. The Balaban J connectivity index is 0.00001000. The molecule has 0 aliphatic heterocycles. The van der Waals surface area contributed by atoms with Crippen LogP contribution in [-0.2, 0) is 21.1 Å². The van der Waals surface area contributed by atoms with Crippen LogP contribution in [0.25, 0.3) is 106 Å². The molecule has 6 heteroatoms. The van der Waals surface area contributed by atoms with E-state index in [-0.39, 0.29) is 71.8 Å². The van der Waals surface area contributed by atoms with E-state index < -0.39 is 208 Å². The number of para-hydroxylation sites is 3. The van der Waals surface area contributed by atoms with Crippen LogP contribution in [0.4, 0.5) is 0 Å². The molecule has 0 bridgehead atoms. The number of aryl methyl sites for hydroxylation is 2. The summed E-state index contributed by atoms with van der Waals surface area (Å²) in [5, 5.41) is 1.29. The summed E-state index contributed by atoms with van der Waals surface area (Å²) in [5.74, 6) is 0.160. The van der Waals surface area contributed by atoms with Crippen molar-refractivity contribution in [1.82, 2.24) is 14.1 Å². The fourth-order valence-corrected chi connectivity index (χ4v) is 8.72. The Morgan fingerprint density at radius 3 is 1.80 bits per heavy atom. The van der Waals surface area contributed by atoms with Crippen molar-refractivity contribution in [2.45, 2.75) is 13.7 Å². The third-order valence-corrected chi connectivity index (χ3v) is 11.8. The maximum absolute atomic E-state index is 10.2. The number of aromatic nitrogens is 4. The van der Waals surface area contributed by atoms with Gasteiger partial charge in [0.15, 0.2) is 0 Å². The van der Waals surface area contributed by atoms with Crippen molar-refractivity contribution in [1.29, 1.82) is 0 Å². The van der Waals surface area contributed by atoms with Gasteiger partial charge in [-0.2, -0.15) is 18.2 Å². The Morgan fingerprint density at radius 2 is 1.12 bits per heavy atom. The monoisotopic (exact) mass is 1160 g/mol. The van der Waals surface area contributed by atoms with E-state index >= 15 is 0 Å². The van der Waals surface area contributed by atoms with Crippen LogP contribution in [0.2, 0.25) is 0 Å². The minimum absolute atomic E-state index is 0. The second kappa shape index (κ2) is 19.6. The topological polar surface area (TPSA) is 35.9 Å². The minimum Gasteiger partial charge on any atom is -0.510 e. The molecule has 0 N–H and O–H groups in total. The molecule has 74 heavy (non-hydrogen) atoms. The van der Waals surface area contributed by atoms with E-state index in [0.29, 0.717) is 21.8 Å². The van der Waals surface area contributed by atoms with Crippen molar-refractivity contribution in [3.8, 4) is 84.3 Å². The molecule has 3 aromatic heterocycles. The zero-order valence-corrected chi connectivity index (χ0v) is 40.1. The smallest absolute Gasteiger partial charge is 0.268 e. The fraction of sp³-hybridized carbons (Fsp3) is 0.0294. The molecular weight excluding hydrogens is 1080 g/mol. The number of hydrogen-bond donors (Lipinski definition) is 0. The Kier molecular flexibility index (Phi) is 6.42. The molecule has 0 aliphatic rings. The molecule has 10 aromatic carbocycles. The van der Waals surface area contributed by atoms with Gasteiger partial charge in [-0.3, -0.25) is 4.57 Å². The molecule has 0 saturated carbocycles. The Hall–Kier alpha value is -8.89. The summed E-state index contributed by atoms with van der Waals surface area (Å²) in [4.78, 5) is 4.64. The number of rotatable bonds is 10. The molecule has 5 nitrogen and oxygen atoms in total. The second-order valence-corrected chi connectivity index (χ2v) is 16.2. The van der Waals surface area contributed by atoms with Crippen molar-refractivity contribution in [2.75, 3.05) is 0 Å². The number of benzene rings is 10. The standard InChI is InChI=1S/C68H46N4O.Pt/c1-46-36-60(50-24-11-5-12-25-50)68(61(37-46)54-40-52(48-20-7-3-8-21-48)39-53(41-54)49-22-9-4-10-23-49)71-45-70(64-32-17-18-33-65(64)71)55-28-19-29-56(42-55)73-57-34-35-59-58-30-15-16-31-63(58)72(66(59)43-57)67-38-47(2)62(44-69-67)51-26-13-6-14-27-51;/h3-41,44H,1-2H3;/q-2;/i1D3,2D3,3D,4D,5D,6D,7D,8D,9D,10D,11D,12D,13D,14D,20D,21D,22D,23D,24D,25D,26D,27D,39D,40D,41D;. The van der Waals surface area contributed by atoms with Crippen LogP contribution >= 0.6 is 0 Å². The Labute approximate surface area is 485 Å². The quantitative estimate of drug-likeness (QED) is 0.101. The van der Waals surface area contributed by atoms with Crippen LogP contribution < -0.4 is 9.30 Å². The van der Waals surface area contributed by atoms with Crippen molar-refractivity contribution < 1.29 is 70.1 Å². The molecule has 0 amide bonds. The predicted molar refractivity (Wildman–Crippen MR) is 297 cm³/mol. The molecule has 0 fully saturated rings. The first kappa shape index (κ1) is 24.2. The van der Waals surface area contributed by atoms with E-state index in [1.807, 2.05) is 6.07 Å². The van der Waals surface area contributed by atoms with Crippen LogP contribution in [0, 0.1) is 32.2 Å². The largest absolute Gasteiger partial charge is 0.510 e. The van der Waals surface area contributed by atoms with Gasteiger partial charge in [0.05, 0.1) is 48.2 Å². The van der Waals surface area contributed by atoms with Gasteiger partial charge in [-0.25, -0.2) is 4.98 Å². The van der Waals surface area contributed by atoms with E-state index in [1.54, 1.807) is 77.4 Å². The van der Waals surface area contributed by atoms with E-state index in [9.17, 15) is 6.85 Å². The summed E-state index contributed by atoms with van der Waals surface area (Å²) in [6.45, 7) is -6.11.